The summed E-state index contributed by atoms with van der Waals surface area (Å²) in [5.41, 5.74) is 0. The minimum absolute atomic E-state index is 0.418. The summed E-state index contributed by atoms with van der Waals surface area (Å²) in [5, 5.41) is 6.27. The zero-order chi connectivity index (χ0) is 9.68. The fourth-order valence-corrected chi connectivity index (χ4v) is 0.787. The number of aromatic nitrogens is 2. The lowest BCUT2D eigenvalue weighted by Gasteiger charge is -1.97. The van der Waals surface area contributed by atoms with Gasteiger partial charge in [-0.1, -0.05) is 6.08 Å². The van der Waals surface area contributed by atoms with Crippen LogP contribution < -0.4 is 10.1 Å². The third kappa shape index (κ3) is 2.62. The van der Waals surface area contributed by atoms with Crippen molar-refractivity contribution in [2.24, 2.45) is 0 Å². The van der Waals surface area contributed by atoms with E-state index in [2.05, 4.69) is 17.0 Å². The number of hydrogen-bond acceptors (Lipinski definition) is 3. The van der Waals surface area contributed by atoms with Crippen LogP contribution in [0.4, 0.5) is 4.79 Å². The molecule has 0 aliphatic rings. The summed E-state index contributed by atoms with van der Waals surface area (Å²) in [6, 6.07) is 0. The molecule has 1 aromatic rings. The van der Waals surface area contributed by atoms with Gasteiger partial charge in [0, 0.05) is 7.05 Å². The number of rotatable bonds is 3. The second-order valence-corrected chi connectivity index (χ2v) is 2.33. The number of nitrogens with zero attached hydrogens (tertiary/aromatic N) is 2. The molecule has 1 aromatic heterocycles. The van der Waals surface area contributed by atoms with Crippen molar-refractivity contribution in [3.05, 3.63) is 25.0 Å². The van der Waals surface area contributed by atoms with Gasteiger partial charge in [-0.15, -0.1) is 6.58 Å². The Morgan fingerprint density at radius 3 is 3.31 bits per heavy atom. The number of allylic oxidation sites excluding steroid dienone is 1. The Kier molecular flexibility index (Phi) is 3.08. The minimum Gasteiger partial charge on any atom is -0.407 e. The van der Waals surface area contributed by atoms with Crippen molar-refractivity contribution in [2.45, 2.75) is 6.54 Å². The van der Waals surface area contributed by atoms with Crippen LogP contribution in [0.25, 0.3) is 0 Å². The summed E-state index contributed by atoms with van der Waals surface area (Å²) < 4.78 is 6.44. The summed E-state index contributed by atoms with van der Waals surface area (Å²) in [7, 11) is 1.50. The van der Waals surface area contributed by atoms with Crippen LogP contribution in [0.1, 0.15) is 0 Å². The SMILES string of the molecule is C=CCn1cc(OC(=O)NC)cn1. The van der Waals surface area contributed by atoms with Gasteiger partial charge in [-0.05, 0) is 0 Å². The van der Waals surface area contributed by atoms with Crippen LogP contribution in [0.15, 0.2) is 25.0 Å². The highest BCUT2D eigenvalue weighted by atomic mass is 16.6. The summed E-state index contributed by atoms with van der Waals surface area (Å²) in [5.74, 6) is 0.418. The molecule has 0 aromatic carbocycles. The van der Waals surface area contributed by atoms with E-state index in [1.54, 1.807) is 17.0 Å². The number of carbonyl (C=O) groups is 1. The van der Waals surface area contributed by atoms with E-state index in [9.17, 15) is 4.79 Å². The summed E-state index contributed by atoms with van der Waals surface area (Å²) >= 11 is 0. The predicted molar refractivity (Wildman–Crippen MR) is 47.5 cm³/mol. The van der Waals surface area contributed by atoms with Gasteiger partial charge in [-0.3, -0.25) is 4.68 Å². The van der Waals surface area contributed by atoms with Gasteiger partial charge in [0.1, 0.15) is 0 Å². The van der Waals surface area contributed by atoms with Crippen LogP contribution in [-0.4, -0.2) is 22.9 Å². The molecular weight excluding hydrogens is 170 g/mol. The normalized spacial score (nSPS) is 9.31. The van der Waals surface area contributed by atoms with Crippen LogP contribution in [0.3, 0.4) is 0 Å². The van der Waals surface area contributed by atoms with Gasteiger partial charge in [0.25, 0.3) is 0 Å². The zero-order valence-electron chi connectivity index (χ0n) is 7.36. The first kappa shape index (κ1) is 9.31. The van der Waals surface area contributed by atoms with E-state index in [1.165, 1.54) is 13.2 Å². The topological polar surface area (TPSA) is 56.1 Å². The predicted octanol–water partition coefficient (Wildman–Crippen LogP) is 0.787. The largest absolute Gasteiger partial charge is 0.412 e. The molecule has 0 fully saturated rings. The average Bonchev–Trinajstić information content (AvgIpc) is 2.53. The Balaban J connectivity index is 2.58. The van der Waals surface area contributed by atoms with E-state index in [4.69, 9.17) is 4.74 Å². The van der Waals surface area contributed by atoms with E-state index in [-0.39, 0.29) is 0 Å². The molecule has 0 aliphatic heterocycles. The van der Waals surface area contributed by atoms with Crippen molar-refractivity contribution in [1.29, 1.82) is 0 Å². The lowest BCUT2D eigenvalue weighted by atomic mass is 10.6. The molecule has 5 nitrogen and oxygen atoms in total. The van der Waals surface area contributed by atoms with Gasteiger partial charge in [0.15, 0.2) is 5.75 Å². The van der Waals surface area contributed by atoms with Crippen LogP contribution in [-0.2, 0) is 6.54 Å². The minimum atomic E-state index is -0.502. The van der Waals surface area contributed by atoms with Gasteiger partial charge in [-0.25, -0.2) is 4.79 Å². The fourth-order valence-electron chi connectivity index (χ4n) is 0.787. The molecule has 0 saturated heterocycles. The molecule has 0 bridgehead atoms. The molecule has 70 valence electrons. The maximum absolute atomic E-state index is 10.8. The average molecular weight is 181 g/mol. The Morgan fingerprint density at radius 2 is 2.69 bits per heavy atom. The molecule has 1 amide bonds. The number of amides is 1. The summed E-state index contributed by atoms with van der Waals surface area (Å²) in [6.45, 7) is 4.16. The lowest BCUT2D eigenvalue weighted by Crippen LogP contribution is -2.21. The van der Waals surface area contributed by atoms with Crippen molar-refractivity contribution in [3.63, 3.8) is 0 Å². The van der Waals surface area contributed by atoms with Crippen molar-refractivity contribution in [2.75, 3.05) is 7.05 Å². The summed E-state index contributed by atoms with van der Waals surface area (Å²) in [6.07, 6.45) is 4.30. The Labute approximate surface area is 76.0 Å². The molecule has 5 heteroatoms. The van der Waals surface area contributed by atoms with E-state index in [0.29, 0.717) is 12.3 Å². The first-order valence-corrected chi connectivity index (χ1v) is 3.79. The highest BCUT2D eigenvalue weighted by molar-refractivity contribution is 5.69. The highest BCUT2D eigenvalue weighted by Gasteiger charge is 2.02. The Morgan fingerprint density at radius 1 is 1.92 bits per heavy atom. The first-order chi connectivity index (χ1) is 6.26. The van der Waals surface area contributed by atoms with Gasteiger partial charge in [0.2, 0.25) is 0 Å². The fraction of sp³-hybridized carbons (Fsp3) is 0.250. The molecule has 1 N–H and O–H groups in total. The van der Waals surface area contributed by atoms with Crippen LogP contribution in [0.5, 0.6) is 5.75 Å². The van der Waals surface area contributed by atoms with E-state index in [1.807, 2.05) is 0 Å². The first-order valence-electron chi connectivity index (χ1n) is 3.79. The molecule has 0 saturated carbocycles. The maximum Gasteiger partial charge on any atom is 0.412 e. The third-order valence-corrected chi connectivity index (χ3v) is 1.34. The summed E-state index contributed by atoms with van der Waals surface area (Å²) in [4.78, 5) is 10.8. The van der Waals surface area contributed by atoms with Crippen molar-refractivity contribution < 1.29 is 9.53 Å². The second kappa shape index (κ2) is 4.30. The monoisotopic (exact) mass is 181 g/mol. The van der Waals surface area contributed by atoms with E-state index >= 15 is 0 Å². The smallest absolute Gasteiger partial charge is 0.407 e. The second-order valence-electron chi connectivity index (χ2n) is 2.33. The molecule has 0 aliphatic carbocycles. The molecule has 0 unspecified atom stereocenters. The van der Waals surface area contributed by atoms with Crippen molar-refractivity contribution >= 4 is 6.09 Å². The van der Waals surface area contributed by atoms with Crippen LogP contribution >= 0.6 is 0 Å². The molecule has 0 spiro atoms. The quantitative estimate of drug-likeness (QED) is 0.701. The standard InChI is InChI=1S/C8H11N3O2/c1-3-4-11-6-7(5-10-11)13-8(12)9-2/h3,5-6H,1,4H2,2H3,(H,9,12). The maximum atomic E-state index is 10.8. The molecule has 13 heavy (non-hydrogen) atoms. The van der Waals surface area contributed by atoms with E-state index < -0.39 is 6.09 Å². The Bertz CT molecular complexity index is 306. The third-order valence-electron chi connectivity index (χ3n) is 1.34. The molecule has 0 radical (unpaired) electrons. The van der Waals surface area contributed by atoms with Gasteiger partial charge >= 0.3 is 6.09 Å². The Hall–Kier alpha value is -1.78. The van der Waals surface area contributed by atoms with Gasteiger partial charge in [0.05, 0.1) is 18.9 Å². The van der Waals surface area contributed by atoms with Crippen LogP contribution in [0.2, 0.25) is 0 Å². The molecule has 0 atom stereocenters. The molecule has 1 heterocycles. The zero-order valence-corrected chi connectivity index (χ0v) is 7.36. The van der Waals surface area contributed by atoms with Crippen molar-refractivity contribution in [1.82, 2.24) is 15.1 Å². The molecular formula is C8H11N3O2. The van der Waals surface area contributed by atoms with Crippen molar-refractivity contribution in [3.8, 4) is 5.75 Å². The number of hydrogen-bond donors (Lipinski definition) is 1. The van der Waals surface area contributed by atoms with E-state index in [0.717, 1.165) is 0 Å². The number of nitrogens with one attached hydrogen (secondary N) is 1. The number of carbonyl (C=O) groups excluding carboxylic acids is 1. The number of ether oxygens (including phenoxy) is 1. The van der Waals surface area contributed by atoms with Crippen LogP contribution in [0, 0.1) is 0 Å². The lowest BCUT2D eigenvalue weighted by molar-refractivity contribution is 0.203. The highest BCUT2D eigenvalue weighted by Crippen LogP contribution is 2.07. The molecule has 1 rings (SSSR count). The van der Waals surface area contributed by atoms with Gasteiger partial charge < -0.3 is 10.1 Å². The van der Waals surface area contributed by atoms with Gasteiger partial charge in [-0.2, -0.15) is 5.10 Å².